The first-order valence-electron chi connectivity index (χ1n) is 7.98. The minimum Gasteiger partial charge on any atom is -0.478 e. The van der Waals surface area contributed by atoms with Crippen molar-refractivity contribution in [2.45, 2.75) is 51.2 Å². The number of nitrogens with one attached hydrogen (secondary N) is 1. The molecule has 1 aliphatic rings. The van der Waals surface area contributed by atoms with Crippen LogP contribution in [-0.2, 0) is 23.1 Å². The lowest BCUT2D eigenvalue weighted by atomic mass is 9.94. The maximum atomic E-state index is 12.9. The number of hydrogen-bond acceptors (Lipinski definition) is 9. The van der Waals surface area contributed by atoms with Gasteiger partial charge in [-0.25, -0.2) is 0 Å². The molecular formula is C14H27N2O8P. The summed E-state index contributed by atoms with van der Waals surface area (Å²) in [6.45, 7) is 3.91. The van der Waals surface area contributed by atoms with E-state index >= 15 is 0 Å². The molecule has 0 aromatic heterocycles. The van der Waals surface area contributed by atoms with Crippen LogP contribution in [0.4, 0.5) is 0 Å². The van der Waals surface area contributed by atoms with Gasteiger partial charge in [0.1, 0.15) is 18.3 Å². The summed E-state index contributed by atoms with van der Waals surface area (Å²) in [7, 11) is -3.82. The zero-order valence-corrected chi connectivity index (χ0v) is 15.4. The Labute approximate surface area is 146 Å². The molecule has 0 radical (unpaired) electrons. The van der Waals surface area contributed by atoms with Gasteiger partial charge in [0.25, 0.3) is 0 Å². The van der Waals surface area contributed by atoms with E-state index in [1.54, 1.807) is 13.8 Å². The number of ether oxygens (including phenoxy) is 1. The summed E-state index contributed by atoms with van der Waals surface area (Å²) in [6, 6.07) is -1.82. The van der Waals surface area contributed by atoms with Crippen LogP contribution in [0.3, 0.4) is 0 Å². The molecule has 1 aliphatic heterocycles. The highest BCUT2D eigenvalue weighted by molar-refractivity contribution is 7.58. The van der Waals surface area contributed by atoms with Crippen LogP contribution in [0.2, 0.25) is 0 Å². The second-order valence-corrected chi connectivity index (χ2v) is 7.42. The van der Waals surface area contributed by atoms with Gasteiger partial charge in [0, 0.05) is 6.92 Å². The number of carbonyl (C=O) groups is 1. The lowest BCUT2D eigenvalue weighted by molar-refractivity contribution is -0.125. The average molecular weight is 382 g/mol. The summed E-state index contributed by atoms with van der Waals surface area (Å²) in [5, 5.41) is 31.6. The molecule has 10 nitrogen and oxygen atoms in total. The monoisotopic (exact) mass is 382 g/mol. The Morgan fingerprint density at radius 2 is 1.96 bits per heavy atom. The highest BCUT2D eigenvalue weighted by atomic mass is 31.2. The van der Waals surface area contributed by atoms with Crippen molar-refractivity contribution in [2.24, 2.45) is 5.73 Å². The topological polar surface area (TPSA) is 161 Å². The van der Waals surface area contributed by atoms with E-state index in [-0.39, 0.29) is 18.7 Å². The molecule has 0 aromatic carbocycles. The van der Waals surface area contributed by atoms with Crippen LogP contribution in [0.5, 0.6) is 0 Å². The first kappa shape index (κ1) is 22.0. The van der Waals surface area contributed by atoms with Crippen molar-refractivity contribution in [3.63, 3.8) is 0 Å². The summed E-state index contributed by atoms with van der Waals surface area (Å²) in [6.07, 6.45) is -3.13. The average Bonchev–Trinajstić information content (AvgIpc) is 2.55. The van der Waals surface area contributed by atoms with Gasteiger partial charge in [0.2, 0.25) is 11.4 Å². The van der Waals surface area contributed by atoms with Crippen LogP contribution in [-0.4, -0.2) is 71.4 Å². The van der Waals surface area contributed by atoms with E-state index in [0.717, 1.165) is 0 Å². The number of aliphatic hydroxyl groups excluding tert-OH is 3. The van der Waals surface area contributed by atoms with Gasteiger partial charge in [0.15, 0.2) is 0 Å². The third-order valence-corrected chi connectivity index (χ3v) is 5.51. The number of nitrogens with two attached hydrogens (primary N) is 1. The van der Waals surface area contributed by atoms with Gasteiger partial charge in [-0.3, -0.25) is 9.36 Å². The summed E-state index contributed by atoms with van der Waals surface area (Å²) in [4.78, 5) is 11.4. The van der Waals surface area contributed by atoms with Crippen LogP contribution >= 0.6 is 7.60 Å². The molecule has 6 N–H and O–H groups in total. The molecule has 0 aliphatic carbocycles. The zero-order chi connectivity index (χ0) is 19.2. The summed E-state index contributed by atoms with van der Waals surface area (Å²) in [5.41, 5.74) is 5.81. The molecule has 146 valence electrons. The molecule has 0 aromatic rings. The van der Waals surface area contributed by atoms with Gasteiger partial charge in [-0.2, -0.15) is 0 Å². The molecule has 0 saturated heterocycles. The molecule has 5 atom stereocenters. The molecule has 1 amide bonds. The molecule has 1 heterocycles. The predicted octanol–water partition coefficient (Wildman–Crippen LogP) is -0.961. The SMILES string of the molecule is CCOP(=O)(OCC)C1=C[C@H](N)[C@@H](NC(C)=O)[C@H]([C@H](O)[C@H](O)CO)O1. The number of aliphatic hydroxyl groups is 3. The third-order valence-electron chi connectivity index (χ3n) is 3.52. The Hall–Kier alpha value is -1.00. The van der Waals surface area contributed by atoms with Gasteiger partial charge in [-0.05, 0) is 19.9 Å². The molecule has 25 heavy (non-hydrogen) atoms. The van der Waals surface area contributed by atoms with Gasteiger partial charge in [0.05, 0.1) is 31.9 Å². The third kappa shape index (κ3) is 5.49. The van der Waals surface area contributed by atoms with Crippen molar-refractivity contribution in [2.75, 3.05) is 19.8 Å². The van der Waals surface area contributed by atoms with Crippen molar-refractivity contribution < 1.29 is 38.5 Å². The van der Waals surface area contributed by atoms with Crippen molar-refractivity contribution >= 4 is 13.5 Å². The van der Waals surface area contributed by atoms with Crippen molar-refractivity contribution in [1.82, 2.24) is 5.32 Å². The lowest BCUT2D eigenvalue weighted by Gasteiger charge is -2.40. The van der Waals surface area contributed by atoms with Crippen molar-refractivity contribution in [3.05, 3.63) is 11.6 Å². The first-order valence-corrected chi connectivity index (χ1v) is 9.52. The van der Waals surface area contributed by atoms with Crippen LogP contribution in [0, 0.1) is 0 Å². The molecular weight excluding hydrogens is 355 g/mol. The van der Waals surface area contributed by atoms with E-state index in [4.69, 9.17) is 24.6 Å². The smallest absolute Gasteiger partial charge is 0.395 e. The Balaban J connectivity index is 3.23. The van der Waals surface area contributed by atoms with Crippen molar-refractivity contribution in [1.29, 1.82) is 0 Å². The van der Waals surface area contributed by atoms with Crippen molar-refractivity contribution in [3.8, 4) is 0 Å². The van der Waals surface area contributed by atoms with Crippen LogP contribution in [0.1, 0.15) is 20.8 Å². The second-order valence-electron chi connectivity index (χ2n) is 5.46. The van der Waals surface area contributed by atoms with Crippen LogP contribution in [0.25, 0.3) is 0 Å². The Kier molecular flexibility index (Phi) is 8.49. The summed E-state index contributed by atoms with van der Waals surface area (Å²) >= 11 is 0. The van der Waals surface area contributed by atoms with Gasteiger partial charge in [-0.1, -0.05) is 0 Å². The Bertz CT molecular complexity index is 519. The van der Waals surface area contributed by atoms with E-state index in [1.807, 2.05) is 0 Å². The predicted molar refractivity (Wildman–Crippen MR) is 88.5 cm³/mol. The first-order chi connectivity index (χ1) is 11.7. The lowest BCUT2D eigenvalue weighted by Crippen LogP contribution is -2.61. The number of amides is 1. The maximum Gasteiger partial charge on any atom is 0.395 e. The molecule has 0 fully saturated rings. The zero-order valence-electron chi connectivity index (χ0n) is 14.5. The van der Waals surface area contributed by atoms with Gasteiger partial charge < -0.3 is 40.2 Å². The van der Waals surface area contributed by atoms with Crippen LogP contribution in [0.15, 0.2) is 11.6 Å². The van der Waals surface area contributed by atoms with Crippen LogP contribution < -0.4 is 11.1 Å². The number of carbonyl (C=O) groups excluding carboxylic acids is 1. The molecule has 0 unspecified atom stereocenters. The normalized spacial score (nSPS) is 26.4. The largest absolute Gasteiger partial charge is 0.478 e. The maximum absolute atomic E-state index is 12.9. The fourth-order valence-electron chi connectivity index (χ4n) is 2.42. The fraction of sp³-hybridized carbons (Fsp3) is 0.786. The highest BCUT2D eigenvalue weighted by Gasteiger charge is 2.46. The van der Waals surface area contributed by atoms with E-state index in [0.29, 0.717) is 0 Å². The number of rotatable bonds is 9. The Morgan fingerprint density at radius 3 is 2.40 bits per heavy atom. The molecule has 1 rings (SSSR count). The minimum absolute atomic E-state index is 0.0782. The Morgan fingerprint density at radius 1 is 1.40 bits per heavy atom. The van der Waals surface area contributed by atoms with E-state index in [9.17, 15) is 19.6 Å². The number of hydrogen-bond donors (Lipinski definition) is 5. The quantitative estimate of drug-likeness (QED) is 0.316. The highest BCUT2D eigenvalue weighted by Crippen LogP contribution is 2.57. The van der Waals surface area contributed by atoms with E-state index in [1.165, 1.54) is 13.0 Å². The summed E-state index contributed by atoms with van der Waals surface area (Å²) in [5.74, 6) is -0.436. The molecule has 0 spiro atoms. The fourth-order valence-corrected chi connectivity index (χ4v) is 4.04. The van der Waals surface area contributed by atoms with E-state index < -0.39 is 50.5 Å². The molecule has 0 saturated carbocycles. The van der Waals surface area contributed by atoms with Gasteiger partial charge >= 0.3 is 7.60 Å². The second kappa shape index (κ2) is 9.63. The van der Waals surface area contributed by atoms with E-state index in [2.05, 4.69) is 5.32 Å². The minimum atomic E-state index is -3.82. The molecule has 11 heteroatoms. The standard InChI is InChI=1S/C14H27N2O8P/c1-4-22-25(21,23-5-2)11-6-9(15)12(16-8(3)18)14(24-11)13(20)10(19)7-17/h6,9-10,12-14,17,19-20H,4-5,7,15H2,1-3H3,(H,16,18)/t9-,10+,12+,13+,14+/m0/s1. The van der Waals surface area contributed by atoms with Gasteiger partial charge in [-0.15, -0.1) is 0 Å². The molecule has 0 bridgehead atoms. The summed E-state index contributed by atoms with van der Waals surface area (Å²) < 4.78 is 28.8.